The van der Waals surface area contributed by atoms with Crippen molar-refractivity contribution in [3.05, 3.63) is 34.6 Å². The number of carbonyl (C=O) groups is 3. The summed E-state index contributed by atoms with van der Waals surface area (Å²) in [5, 5.41) is 31.6. The fourth-order valence-corrected chi connectivity index (χ4v) is 6.97. The van der Waals surface area contributed by atoms with Gasteiger partial charge in [0.15, 0.2) is 11.6 Å². The molecule has 0 aromatic heterocycles. The number of phenolic OH excluding ortho intramolecular Hbond substituents is 1. The van der Waals surface area contributed by atoms with E-state index >= 15 is 0 Å². The highest BCUT2D eigenvalue weighted by atomic mass is 32.2. The molecule has 5 atom stereocenters. The lowest BCUT2D eigenvalue weighted by Gasteiger charge is -2.48. The number of aliphatic hydroxyl groups excluding tert-OH is 2. The number of amides is 1. The molecule has 1 fully saturated rings. The van der Waals surface area contributed by atoms with E-state index in [1.165, 1.54) is 24.9 Å². The number of fused-ring (bicyclic) bond motifs is 3. The standard InChI is InChI=1S/C23H26N2O7S/c1-3-4-5-8-11-13(19(29)15(23(25)31)20(30)16(11)24)18(28)14-17(27)12-9(26)6-7-10(32-2)22(12)33-21(8)14/h6-8,11,13,16,21,26-27,30H,3-5,24H2,1-2H3,(H2,25,31)/t8?,11?,13?,16-,21?/m0/s1. The fraction of sp³-hybridized carbons (Fsp3) is 0.435. The molecular formula is C23H26N2O7S. The van der Waals surface area contributed by atoms with Crippen molar-refractivity contribution in [2.24, 2.45) is 29.2 Å². The first kappa shape index (κ1) is 23.2. The Morgan fingerprint density at radius 3 is 2.48 bits per heavy atom. The number of phenols is 1. The molecule has 1 amide bonds. The number of carbonyl (C=O) groups excluding carboxylic acids is 3. The summed E-state index contributed by atoms with van der Waals surface area (Å²) in [6, 6.07) is 1.78. The van der Waals surface area contributed by atoms with Gasteiger partial charge in [0.2, 0.25) is 0 Å². The van der Waals surface area contributed by atoms with Crippen molar-refractivity contribution >= 4 is 35.0 Å². The van der Waals surface area contributed by atoms with E-state index in [0.29, 0.717) is 17.1 Å². The number of ether oxygens (including phenoxy) is 1. The molecule has 1 aliphatic heterocycles. The first-order valence-corrected chi connectivity index (χ1v) is 11.6. The number of Topliss-reactive ketones (excluding diaryl/α,β-unsaturated/α-hetero) is 2. The Morgan fingerprint density at radius 2 is 1.88 bits per heavy atom. The van der Waals surface area contributed by atoms with E-state index in [1.807, 2.05) is 6.92 Å². The molecule has 3 aliphatic rings. The normalized spacial score (nSPS) is 28.9. The van der Waals surface area contributed by atoms with Crippen molar-refractivity contribution in [2.75, 3.05) is 7.11 Å². The molecule has 2 aliphatic carbocycles. The predicted molar refractivity (Wildman–Crippen MR) is 121 cm³/mol. The summed E-state index contributed by atoms with van der Waals surface area (Å²) in [7, 11) is 1.46. The van der Waals surface area contributed by atoms with Crippen LogP contribution in [0.15, 0.2) is 33.9 Å². The molecule has 7 N–H and O–H groups in total. The van der Waals surface area contributed by atoms with Gasteiger partial charge in [0.05, 0.1) is 35.1 Å². The molecule has 0 bridgehead atoms. The van der Waals surface area contributed by atoms with Gasteiger partial charge < -0.3 is 31.5 Å². The second-order valence-corrected chi connectivity index (χ2v) is 9.68. The molecular weight excluding hydrogens is 448 g/mol. The Morgan fingerprint density at radius 1 is 1.18 bits per heavy atom. The number of primary amides is 1. The summed E-state index contributed by atoms with van der Waals surface area (Å²) in [6.07, 6.45) is 2.16. The van der Waals surface area contributed by atoms with Crippen LogP contribution in [-0.2, 0) is 14.4 Å². The number of hydrogen-bond acceptors (Lipinski definition) is 9. The number of rotatable bonds is 5. The van der Waals surface area contributed by atoms with E-state index in [1.54, 1.807) is 6.07 Å². The van der Waals surface area contributed by atoms with E-state index in [-0.39, 0.29) is 22.8 Å². The monoisotopic (exact) mass is 474 g/mol. The lowest BCUT2D eigenvalue weighted by atomic mass is 9.59. The number of aromatic hydroxyl groups is 1. The third-order valence-corrected chi connectivity index (χ3v) is 8.29. The fourth-order valence-electron chi connectivity index (χ4n) is 5.29. The zero-order valence-corrected chi connectivity index (χ0v) is 19.0. The van der Waals surface area contributed by atoms with E-state index in [4.69, 9.17) is 16.2 Å². The van der Waals surface area contributed by atoms with E-state index in [0.717, 1.165) is 12.8 Å². The Balaban J connectivity index is 1.96. The first-order chi connectivity index (χ1) is 15.6. The minimum absolute atomic E-state index is 0.00386. The maximum atomic E-state index is 13.7. The summed E-state index contributed by atoms with van der Waals surface area (Å²) < 4.78 is 5.41. The van der Waals surface area contributed by atoms with Gasteiger partial charge in [-0.05, 0) is 24.5 Å². The minimum atomic E-state index is -1.36. The summed E-state index contributed by atoms with van der Waals surface area (Å²) >= 11 is 1.26. The van der Waals surface area contributed by atoms with Gasteiger partial charge in [-0.25, -0.2) is 0 Å². The third kappa shape index (κ3) is 3.31. The topological polar surface area (TPSA) is 173 Å². The van der Waals surface area contributed by atoms with Crippen molar-refractivity contribution in [3.63, 3.8) is 0 Å². The zero-order valence-electron chi connectivity index (χ0n) is 18.2. The quantitative estimate of drug-likeness (QED) is 0.316. The molecule has 1 saturated carbocycles. The Bertz CT molecular complexity index is 1130. The van der Waals surface area contributed by atoms with E-state index in [9.17, 15) is 29.7 Å². The van der Waals surface area contributed by atoms with Gasteiger partial charge in [0.1, 0.15) is 28.6 Å². The number of thioether (sulfide) groups is 1. The number of benzene rings is 1. The molecule has 9 nitrogen and oxygen atoms in total. The highest BCUT2D eigenvalue weighted by molar-refractivity contribution is 8.00. The number of aliphatic hydroxyl groups is 2. The van der Waals surface area contributed by atoms with Crippen LogP contribution >= 0.6 is 11.8 Å². The minimum Gasteiger partial charge on any atom is -0.510 e. The summed E-state index contributed by atoms with van der Waals surface area (Å²) in [5.41, 5.74) is 11.0. The van der Waals surface area contributed by atoms with Gasteiger partial charge in [-0.15, -0.1) is 11.8 Å². The number of nitrogens with two attached hydrogens (primary N) is 2. The number of hydrogen-bond donors (Lipinski definition) is 5. The molecule has 1 aromatic rings. The third-order valence-electron chi connectivity index (χ3n) is 6.81. The van der Waals surface area contributed by atoms with Crippen molar-refractivity contribution < 1.29 is 34.4 Å². The highest BCUT2D eigenvalue weighted by Crippen LogP contribution is 2.57. The molecule has 1 aromatic carbocycles. The lowest BCUT2D eigenvalue weighted by molar-refractivity contribution is -0.136. The van der Waals surface area contributed by atoms with Gasteiger partial charge in [-0.2, -0.15) is 0 Å². The molecule has 0 radical (unpaired) electrons. The lowest BCUT2D eigenvalue weighted by Crippen LogP contribution is -2.58. The van der Waals surface area contributed by atoms with Gasteiger partial charge in [-0.1, -0.05) is 19.8 Å². The van der Waals surface area contributed by atoms with Gasteiger partial charge in [-0.3, -0.25) is 14.4 Å². The van der Waals surface area contributed by atoms with Crippen LogP contribution < -0.4 is 16.2 Å². The van der Waals surface area contributed by atoms with Crippen LogP contribution in [0.4, 0.5) is 0 Å². The zero-order chi connectivity index (χ0) is 24.2. The molecule has 4 rings (SSSR count). The van der Waals surface area contributed by atoms with Crippen LogP contribution in [0.3, 0.4) is 0 Å². The number of ketones is 2. The maximum Gasteiger partial charge on any atom is 0.255 e. The smallest absolute Gasteiger partial charge is 0.255 e. The average molecular weight is 475 g/mol. The van der Waals surface area contributed by atoms with Crippen LogP contribution in [0.5, 0.6) is 11.5 Å². The summed E-state index contributed by atoms with van der Waals surface area (Å²) in [5.74, 6) is -6.08. The van der Waals surface area contributed by atoms with Gasteiger partial charge in [0, 0.05) is 11.2 Å². The Hall–Kier alpha value is -2.98. The summed E-state index contributed by atoms with van der Waals surface area (Å²) in [4.78, 5) is 39.2. The van der Waals surface area contributed by atoms with Crippen LogP contribution in [-0.4, -0.2) is 51.2 Å². The molecule has 1 heterocycles. The average Bonchev–Trinajstić information content (AvgIpc) is 2.76. The van der Waals surface area contributed by atoms with Crippen molar-refractivity contribution in [3.8, 4) is 11.5 Å². The van der Waals surface area contributed by atoms with Gasteiger partial charge >= 0.3 is 0 Å². The van der Waals surface area contributed by atoms with Crippen molar-refractivity contribution in [1.82, 2.24) is 0 Å². The summed E-state index contributed by atoms with van der Waals surface area (Å²) in [6.45, 7) is 2.00. The first-order valence-electron chi connectivity index (χ1n) is 10.7. The Labute approximate surface area is 194 Å². The van der Waals surface area contributed by atoms with E-state index in [2.05, 4.69) is 0 Å². The van der Waals surface area contributed by atoms with Crippen LogP contribution in [0, 0.1) is 17.8 Å². The van der Waals surface area contributed by atoms with Crippen molar-refractivity contribution in [1.29, 1.82) is 0 Å². The molecule has 176 valence electrons. The second kappa shape index (κ2) is 8.42. The predicted octanol–water partition coefficient (Wildman–Crippen LogP) is 1.97. The number of unbranched alkanes of at least 4 members (excludes halogenated alkanes) is 1. The SMILES string of the molecule is CCCCC1C2Sc3c(OC)ccc(O)c3C(O)=C2C(=O)C2C(=O)C(C(N)=O)=C(O)[C@@H](N)C21. The Kier molecular flexibility index (Phi) is 5.92. The van der Waals surface area contributed by atoms with Crippen LogP contribution in [0.25, 0.3) is 5.76 Å². The molecule has 10 heteroatoms. The molecule has 0 saturated heterocycles. The van der Waals surface area contributed by atoms with Crippen molar-refractivity contribution in [2.45, 2.75) is 42.4 Å². The highest BCUT2D eigenvalue weighted by Gasteiger charge is 2.58. The second-order valence-electron chi connectivity index (χ2n) is 8.53. The van der Waals surface area contributed by atoms with E-state index < -0.39 is 57.7 Å². The van der Waals surface area contributed by atoms with Gasteiger partial charge in [0.25, 0.3) is 5.91 Å². The largest absolute Gasteiger partial charge is 0.510 e. The number of methoxy groups -OCH3 is 1. The molecule has 33 heavy (non-hydrogen) atoms. The van der Waals surface area contributed by atoms with Crippen LogP contribution in [0.2, 0.25) is 0 Å². The van der Waals surface area contributed by atoms with Crippen LogP contribution in [0.1, 0.15) is 31.7 Å². The molecule has 4 unspecified atom stereocenters. The maximum absolute atomic E-state index is 13.7. The molecule has 0 spiro atoms.